The van der Waals surface area contributed by atoms with Gasteiger partial charge >= 0.3 is 0 Å². The highest BCUT2D eigenvalue weighted by molar-refractivity contribution is 5.16. The predicted octanol–water partition coefficient (Wildman–Crippen LogP) is 1.83. The van der Waals surface area contributed by atoms with E-state index in [2.05, 4.69) is 43.6 Å². The first-order chi connectivity index (χ1) is 12.6. The van der Waals surface area contributed by atoms with Crippen LogP contribution in [0.15, 0.2) is 6.20 Å². The van der Waals surface area contributed by atoms with Gasteiger partial charge in [-0.1, -0.05) is 0 Å². The molecule has 0 saturated carbocycles. The van der Waals surface area contributed by atoms with Crippen LogP contribution in [0, 0.1) is 6.92 Å². The molecule has 0 aliphatic carbocycles. The molecule has 7 heteroatoms. The molecule has 0 radical (unpaired) electrons. The van der Waals surface area contributed by atoms with Crippen LogP contribution in [0.1, 0.15) is 54.5 Å². The van der Waals surface area contributed by atoms with Gasteiger partial charge in [0.05, 0.1) is 12.7 Å². The van der Waals surface area contributed by atoms with Crippen molar-refractivity contribution >= 4 is 0 Å². The van der Waals surface area contributed by atoms with E-state index in [4.69, 9.17) is 0 Å². The molecule has 0 bridgehead atoms. The van der Waals surface area contributed by atoms with E-state index in [1.54, 1.807) is 0 Å². The Morgan fingerprint density at radius 3 is 2.50 bits per heavy atom. The Balaban J connectivity index is 1.42. The molecule has 0 amide bonds. The average molecular weight is 358 g/mol. The molecule has 2 aliphatic heterocycles. The smallest absolute Gasteiger partial charge is 0.146 e. The minimum absolute atomic E-state index is 0.477. The van der Waals surface area contributed by atoms with Crippen LogP contribution in [0.2, 0.25) is 0 Å². The normalized spacial score (nSPS) is 22.3. The molecule has 2 aliphatic rings. The topological polar surface area (TPSA) is 55.0 Å². The van der Waals surface area contributed by atoms with Gasteiger partial charge < -0.3 is 4.57 Å². The second-order valence-electron chi connectivity index (χ2n) is 7.97. The number of hydrogen-bond acceptors (Lipinski definition) is 5. The third kappa shape index (κ3) is 3.55. The van der Waals surface area contributed by atoms with Crippen molar-refractivity contribution in [2.45, 2.75) is 51.6 Å². The van der Waals surface area contributed by atoms with Gasteiger partial charge in [0.25, 0.3) is 0 Å². The summed E-state index contributed by atoms with van der Waals surface area (Å²) in [5.74, 6) is 2.75. The largest absolute Gasteiger partial charge is 0.317 e. The molecule has 0 N–H and O–H groups in total. The highest BCUT2D eigenvalue weighted by atomic mass is 15.3. The van der Waals surface area contributed by atoms with Crippen molar-refractivity contribution in [1.82, 2.24) is 34.3 Å². The lowest BCUT2D eigenvalue weighted by Gasteiger charge is -2.32. The van der Waals surface area contributed by atoms with Gasteiger partial charge in [0.15, 0.2) is 0 Å². The Morgan fingerprint density at radius 1 is 1.00 bits per heavy atom. The van der Waals surface area contributed by atoms with E-state index in [0.717, 1.165) is 37.8 Å². The van der Waals surface area contributed by atoms with Crippen molar-refractivity contribution < 1.29 is 0 Å². The van der Waals surface area contributed by atoms with Crippen LogP contribution in [0.25, 0.3) is 0 Å². The quantitative estimate of drug-likeness (QED) is 0.817. The summed E-state index contributed by atoms with van der Waals surface area (Å²) < 4.78 is 4.21. The number of likely N-dealkylation sites (tertiary alicyclic amines) is 2. The van der Waals surface area contributed by atoms with E-state index in [1.807, 2.05) is 17.9 Å². The van der Waals surface area contributed by atoms with Gasteiger partial charge in [-0.25, -0.2) is 0 Å². The van der Waals surface area contributed by atoms with E-state index >= 15 is 0 Å². The Morgan fingerprint density at radius 2 is 1.77 bits per heavy atom. The standard InChI is InChI=1S/C19H31N7/c1-15-17(11-20-24(15)3)13-26-10-6-7-16(12-26)19-22-21-18(23(19)2)14-25-8-4-5-9-25/h11,16H,4-10,12-14H2,1-3H3/t16-/m0/s1. The van der Waals surface area contributed by atoms with Crippen molar-refractivity contribution in [2.24, 2.45) is 14.1 Å². The third-order valence-electron chi connectivity index (χ3n) is 6.16. The van der Waals surface area contributed by atoms with Gasteiger partial charge in [0.1, 0.15) is 11.6 Å². The van der Waals surface area contributed by atoms with Crippen molar-refractivity contribution in [3.8, 4) is 0 Å². The number of aryl methyl sites for hydroxylation is 1. The maximum Gasteiger partial charge on any atom is 0.146 e. The van der Waals surface area contributed by atoms with Crippen LogP contribution < -0.4 is 0 Å². The molecule has 0 unspecified atom stereocenters. The molecule has 2 saturated heterocycles. The third-order valence-corrected chi connectivity index (χ3v) is 6.16. The first-order valence-electron chi connectivity index (χ1n) is 9.92. The zero-order valence-electron chi connectivity index (χ0n) is 16.4. The second-order valence-corrected chi connectivity index (χ2v) is 7.97. The van der Waals surface area contributed by atoms with Gasteiger partial charge in [0.2, 0.25) is 0 Å². The summed E-state index contributed by atoms with van der Waals surface area (Å²) in [4.78, 5) is 5.04. The first-order valence-corrected chi connectivity index (χ1v) is 9.92. The Labute approximate surface area is 156 Å². The highest BCUT2D eigenvalue weighted by Gasteiger charge is 2.27. The number of rotatable bonds is 5. The molecule has 2 aromatic rings. The monoisotopic (exact) mass is 357 g/mol. The fourth-order valence-electron chi connectivity index (χ4n) is 4.36. The average Bonchev–Trinajstić information content (AvgIpc) is 3.35. The Hall–Kier alpha value is -1.73. The molecule has 1 atom stereocenters. The van der Waals surface area contributed by atoms with Crippen molar-refractivity contribution in [3.05, 3.63) is 29.1 Å². The van der Waals surface area contributed by atoms with E-state index in [9.17, 15) is 0 Å². The zero-order valence-corrected chi connectivity index (χ0v) is 16.4. The minimum atomic E-state index is 0.477. The van der Waals surface area contributed by atoms with Crippen LogP contribution in [-0.4, -0.2) is 60.5 Å². The van der Waals surface area contributed by atoms with Crippen molar-refractivity contribution in [2.75, 3.05) is 26.2 Å². The van der Waals surface area contributed by atoms with Crippen LogP contribution in [0.4, 0.5) is 0 Å². The summed E-state index contributed by atoms with van der Waals surface area (Å²) in [6.07, 6.45) is 7.07. The molecule has 2 aromatic heterocycles. The summed E-state index contributed by atoms with van der Waals surface area (Å²) in [6.45, 7) is 8.68. The molecular weight excluding hydrogens is 326 g/mol. The number of piperidine rings is 1. The fraction of sp³-hybridized carbons (Fsp3) is 0.737. The summed E-state index contributed by atoms with van der Waals surface area (Å²) in [5, 5.41) is 13.5. The highest BCUT2D eigenvalue weighted by Crippen LogP contribution is 2.27. The molecule has 0 spiro atoms. The van der Waals surface area contributed by atoms with Crippen molar-refractivity contribution in [3.63, 3.8) is 0 Å². The van der Waals surface area contributed by atoms with E-state index in [1.165, 1.54) is 50.0 Å². The summed E-state index contributed by atoms with van der Waals surface area (Å²) in [7, 11) is 4.16. The molecule has 7 nitrogen and oxygen atoms in total. The molecule has 26 heavy (non-hydrogen) atoms. The molecule has 2 fully saturated rings. The zero-order chi connectivity index (χ0) is 18.1. The predicted molar refractivity (Wildman–Crippen MR) is 101 cm³/mol. The van der Waals surface area contributed by atoms with Gasteiger partial charge in [0, 0.05) is 44.4 Å². The number of nitrogens with zero attached hydrogens (tertiary/aromatic N) is 7. The number of aromatic nitrogens is 5. The lowest BCUT2D eigenvalue weighted by Crippen LogP contribution is -2.35. The summed E-state index contributed by atoms with van der Waals surface area (Å²) >= 11 is 0. The first kappa shape index (κ1) is 17.7. The maximum absolute atomic E-state index is 4.59. The van der Waals surface area contributed by atoms with Crippen LogP contribution >= 0.6 is 0 Å². The number of hydrogen-bond donors (Lipinski definition) is 0. The van der Waals surface area contributed by atoms with Gasteiger partial charge in [-0.05, 0) is 52.2 Å². The van der Waals surface area contributed by atoms with Crippen LogP contribution in [0.5, 0.6) is 0 Å². The van der Waals surface area contributed by atoms with Crippen LogP contribution in [-0.2, 0) is 27.2 Å². The SMILES string of the molecule is Cc1c(CN2CCC[C@H](c3nnc(CN4CCCC4)n3C)C2)cnn1C. The Bertz CT molecular complexity index is 741. The van der Waals surface area contributed by atoms with Gasteiger partial charge in [-0.3, -0.25) is 14.5 Å². The fourth-order valence-corrected chi connectivity index (χ4v) is 4.36. The Kier molecular flexibility index (Phi) is 5.09. The van der Waals surface area contributed by atoms with Gasteiger partial charge in [-0.15, -0.1) is 10.2 Å². The van der Waals surface area contributed by atoms with Crippen LogP contribution in [0.3, 0.4) is 0 Å². The maximum atomic E-state index is 4.59. The lowest BCUT2D eigenvalue weighted by atomic mass is 9.96. The molecule has 4 rings (SSSR count). The molecule has 142 valence electrons. The van der Waals surface area contributed by atoms with E-state index in [-0.39, 0.29) is 0 Å². The second kappa shape index (κ2) is 7.48. The summed E-state index contributed by atoms with van der Waals surface area (Å²) in [5.41, 5.74) is 2.60. The minimum Gasteiger partial charge on any atom is -0.317 e. The lowest BCUT2D eigenvalue weighted by molar-refractivity contribution is 0.194. The van der Waals surface area contributed by atoms with E-state index < -0.39 is 0 Å². The molecule has 0 aromatic carbocycles. The van der Waals surface area contributed by atoms with Crippen molar-refractivity contribution in [1.29, 1.82) is 0 Å². The molecule has 4 heterocycles. The summed E-state index contributed by atoms with van der Waals surface area (Å²) in [6, 6.07) is 0. The molecular formula is C19H31N7. The van der Waals surface area contributed by atoms with Gasteiger partial charge in [-0.2, -0.15) is 5.10 Å². The van der Waals surface area contributed by atoms with E-state index in [0.29, 0.717) is 5.92 Å².